The highest BCUT2D eigenvalue weighted by Gasteiger charge is 2.48. The Morgan fingerprint density at radius 1 is 1.26 bits per heavy atom. The molecule has 1 saturated heterocycles. The van der Waals surface area contributed by atoms with Gasteiger partial charge in [-0.15, -0.1) is 0 Å². The maximum Gasteiger partial charge on any atom is 0.326 e. The summed E-state index contributed by atoms with van der Waals surface area (Å²) in [6.07, 6.45) is 6.35. The number of amides is 1. The molecule has 144 valence electrons. The molecule has 0 radical (unpaired) electrons. The molecule has 3 unspecified atom stereocenters. The Bertz CT molecular complexity index is 904. The van der Waals surface area contributed by atoms with Gasteiger partial charge in [0.05, 0.1) is 17.5 Å². The first-order chi connectivity index (χ1) is 12.9. The third-order valence-corrected chi connectivity index (χ3v) is 6.09. The smallest absolute Gasteiger partial charge is 0.326 e. The number of hydrogen-bond donors (Lipinski definition) is 1. The van der Waals surface area contributed by atoms with E-state index in [-0.39, 0.29) is 18.0 Å². The van der Waals surface area contributed by atoms with Crippen LogP contribution in [0.5, 0.6) is 0 Å². The summed E-state index contributed by atoms with van der Waals surface area (Å²) >= 11 is 0. The van der Waals surface area contributed by atoms with E-state index < -0.39 is 12.0 Å². The second-order valence-electron chi connectivity index (χ2n) is 8.13. The van der Waals surface area contributed by atoms with Gasteiger partial charge in [-0.3, -0.25) is 4.79 Å². The lowest BCUT2D eigenvalue weighted by molar-refractivity contribution is -0.141. The molecule has 2 aromatic heterocycles. The van der Waals surface area contributed by atoms with Crippen LogP contribution in [0.2, 0.25) is 0 Å². The van der Waals surface area contributed by atoms with Crippen molar-refractivity contribution in [1.29, 1.82) is 0 Å². The van der Waals surface area contributed by atoms with Crippen LogP contribution in [-0.4, -0.2) is 48.7 Å². The maximum atomic E-state index is 13.4. The van der Waals surface area contributed by atoms with Gasteiger partial charge in [0.15, 0.2) is 5.65 Å². The first-order valence-electron chi connectivity index (χ1n) is 9.78. The fourth-order valence-electron chi connectivity index (χ4n) is 4.77. The standard InChI is InChI=1S/C20H26N4O3/c1-11(2)24-18-14(10-21-24)8-15(12(3)22-18)19(25)23-16-7-5-4-6-13(16)9-17(23)20(26)27/h8,10-11,13,16-17H,4-7,9H2,1-3H3,(H,26,27). The van der Waals surface area contributed by atoms with Crippen LogP contribution in [0.15, 0.2) is 12.3 Å². The minimum absolute atomic E-state index is 0.0286. The molecule has 1 amide bonds. The molecule has 0 aromatic carbocycles. The quantitative estimate of drug-likeness (QED) is 0.896. The molecule has 2 aliphatic rings. The maximum absolute atomic E-state index is 13.4. The fraction of sp³-hybridized carbons (Fsp3) is 0.600. The van der Waals surface area contributed by atoms with Crippen LogP contribution in [0.3, 0.4) is 0 Å². The highest BCUT2D eigenvalue weighted by molar-refractivity contribution is 6.00. The van der Waals surface area contributed by atoms with E-state index in [0.717, 1.165) is 36.7 Å². The zero-order valence-corrected chi connectivity index (χ0v) is 16.1. The van der Waals surface area contributed by atoms with E-state index in [9.17, 15) is 14.7 Å². The van der Waals surface area contributed by atoms with E-state index in [1.54, 1.807) is 11.1 Å². The highest BCUT2D eigenvalue weighted by Crippen LogP contribution is 2.40. The van der Waals surface area contributed by atoms with Gasteiger partial charge in [-0.1, -0.05) is 12.8 Å². The van der Waals surface area contributed by atoms with E-state index >= 15 is 0 Å². The molecular formula is C20H26N4O3. The molecule has 3 heterocycles. The predicted molar refractivity (Wildman–Crippen MR) is 101 cm³/mol. The topological polar surface area (TPSA) is 88.3 Å². The zero-order valence-electron chi connectivity index (χ0n) is 16.1. The molecule has 27 heavy (non-hydrogen) atoms. The molecule has 1 N–H and O–H groups in total. The molecule has 2 fully saturated rings. The molecule has 7 heteroatoms. The van der Waals surface area contributed by atoms with Crippen LogP contribution in [0, 0.1) is 12.8 Å². The third kappa shape index (κ3) is 2.89. The summed E-state index contributed by atoms with van der Waals surface area (Å²) < 4.78 is 1.84. The van der Waals surface area contributed by atoms with E-state index in [0.29, 0.717) is 23.6 Å². The number of carbonyl (C=O) groups excluding carboxylic acids is 1. The average Bonchev–Trinajstić information content (AvgIpc) is 3.21. The molecule has 3 atom stereocenters. The van der Waals surface area contributed by atoms with Crippen LogP contribution >= 0.6 is 0 Å². The Hall–Kier alpha value is -2.44. The lowest BCUT2D eigenvalue weighted by atomic mass is 9.84. The largest absolute Gasteiger partial charge is 0.480 e. The molecular weight excluding hydrogens is 344 g/mol. The Kier molecular flexibility index (Phi) is 4.40. The number of pyridine rings is 1. The zero-order chi connectivity index (χ0) is 19.3. The van der Waals surface area contributed by atoms with Crippen molar-refractivity contribution < 1.29 is 14.7 Å². The van der Waals surface area contributed by atoms with Gasteiger partial charge >= 0.3 is 5.97 Å². The van der Waals surface area contributed by atoms with Gasteiger partial charge in [-0.25, -0.2) is 14.5 Å². The number of aromatic nitrogens is 3. The molecule has 1 saturated carbocycles. The lowest BCUT2D eigenvalue weighted by Gasteiger charge is -2.33. The Balaban J connectivity index is 1.74. The Labute approximate surface area is 158 Å². The first kappa shape index (κ1) is 17.9. The minimum atomic E-state index is -0.905. The van der Waals surface area contributed by atoms with Crippen molar-refractivity contribution in [3.05, 3.63) is 23.5 Å². The molecule has 2 aromatic rings. The summed E-state index contributed by atoms with van der Waals surface area (Å²) in [7, 11) is 0. The summed E-state index contributed by atoms with van der Waals surface area (Å²) in [5, 5.41) is 14.9. The molecule has 4 rings (SSSR count). The summed E-state index contributed by atoms with van der Waals surface area (Å²) in [5.74, 6) is -0.817. The molecule has 0 spiro atoms. The normalized spacial score (nSPS) is 25.2. The van der Waals surface area contributed by atoms with Crippen LogP contribution < -0.4 is 0 Å². The van der Waals surface area contributed by atoms with Gasteiger partial charge in [0.2, 0.25) is 0 Å². The summed E-state index contributed by atoms with van der Waals surface area (Å²) in [5.41, 5.74) is 1.87. The van der Waals surface area contributed by atoms with E-state index in [2.05, 4.69) is 10.1 Å². The van der Waals surface area contributed by atoms with Crippen molar-refractivity contribution >= 4 is 22.9 Å². The minimum Gasteiger partial charge on any atom is -0.480 e. The van der Waals surface area contributed by atoms with Gasteiger partial charge in [0.1, 0.15) is 6.04 Å². The summed E-state index contributed by atoms with van der Waals surface area (Å²) in [6, 6.07) is 1.29. The molecule has 7 nitrogen and oxygen atoms in total. The van der Waals surface area contributed by atoms with Crippen LogP contribution in [0.4, 0.5) is 0 Å². The molecule has 1 aliphatic heterocycles. The number of aliphatic carboxylic acids is 1. The number of rotatable bonds is 3. The summed E-state index contributed by atoms with van der Waals surface area (Å²) in [6.45, 7) is 5.88. The van der Waals surface area contributed by atoms with Gasteiger partial charge in [0, 0.05) is 17.5 Å². The monoisotopic (exact) mass is 370 g/mol. The van der Waals surface area contributed by atoms with Crippen molar-refractivity contribution in [3.8, 4) is 0 Å². The number of likely N-dealkylation sites (tertiary alicyclic amines) is 1. The number of nitrogens with zero attached hydrogens (tertiary/aromatic N) is 4. The second kappa shape index (κ2) is 6.62. The van der Waals surface area contributed by atoms with Gasteiger partial charge in [0.25, 0.3) is 5.91 Å². The second-order valence-corrected chi connectivity index (χ2v) is 8.13. The number of aryl methyl sites for hydroxylation is 1. The van der Waals surface area contributed by atoms with Crippen molar-refractivity contribution in [3.63, 3.8) is 0 Å². The van der Waals surface area contributed by atoms with E-state index in [4.69, 9.17) is 0 Å². The fourth-order valence-corrected chi connectivity index (χ4v) is 4.77. The van der Waals surface area contributed by atoms with Gasteiger partial charge in [-0.2, -0.15) is 5.10 Å². The number of carboxylic acids is 1. The van der Waals surface area contributed by atoms with Crippen molar-refractivity contribution in [1.82, 2.24) is 19.7 Å². The predicted octanol–water partition coefficient (Wildman–Crippen LogP) is 3.18. The Morgan fingerprint density at radius 2 is 2.00 bits per heavy atom. The Morgan fingerprint density at radius 3 is 2.70 bits per heavy atom. The highest BCUT2D eigenvalue weighted by atomic mass is 16.4. The number of fused-ring (bicyclic) bond motifs is 2. The third-order valence-electron chi connectivity index (χ3n) is 6.09. The van der Waals surface area contributed by atoms with Gasteiger partial charge in [-0.05, 0) is 52.0 Å². The average molecular weight is 370 g/mol. The van der Waals surface area contributed by atoms with Gasteiger partial charge < -0.3 is 10.0 Å². The van der Waals surface area contributed by atoms with E-state index in [1.165, 1.54) is 0 Å². The summed E-state index contributed by atoms with van der Waals surface area (Å²) in [4.78, 5) is 31.5. The number of hydrogen-bond acceptors (Lipinski definition) is 4. The molecule has 0 bridgehead atoms. The SMILES string of the molecule is Cc1nc2c(cnn2C(C)C)cc1C(=O)N1C(C(=O)O)CC2CCCCC21. The van der Waals surface area contributed by atoms with Crippen molar-refractivity contribution in [2.24, 2.45) is 5.92 Å². The molecule has 1 aliphatic carbocycles. The first-order valence-corrected chi connectivity index (χ1v) is 9.78. The van der Waals surface area contributed by atoms with E-state index in [1.807, 2.05) is 31.5 Å². The van der Waals surface area contributed by atoms with Crippen LogP contribution in [0.1, 0.15) is 68.0 Å². The number of carbonyl (C=O) groups is 2. The van der Waals surface area contributed by atoms with Crippen LogP contribution in [-0.2, 0) is 4.79 Å². The lowest BCUT2D eigenvalue weighted by Crippen LogP contribution is -2.46. The number of carboxylic acid groups (broad SMARTS) is 1. The van der Waals surface area contributed by atoms with Crippen molar-refractivity contribution in [2.75, 3.05) is 0 Å². The van der Waals surface area contributed by atoms with Crippen LogP contribution in [0.25, 0.3) is 11.0 Å². The van der Waals surface area contributed by atoms with Crippen molar-refractivity contribution in [2.45, 2.75) is 71.0 Å².